The van der Waals surface area contributed by atoms with E-state index in [0.717, 1.165) is 17.3 Å². The molecule has 8 heteroatoms. The van der Waals surface area contributed by atoms with E-state index in [2.05, 4.69) is 37.2 Å². The Morgan fingerprint density at radius 1 is 1.26 bits per heavy atom. The second kappa shape index (κ2) is 5.90. The Kier molecular flexibility index (Phi) is 4.65. The van der Waals surface area contributed by atoms with Gasteiger partial charge < -0.3 is 20.9 Å². The Bertz CT molecular complexity index is 610. The molecule has 0 bridgehead atoms. The molecule has 2 heterocycles. The Morgan fingerprint density at radius 3 is 2.42 bits per heavy atom. The first kappa shape index (κ1) is 15.0. The average molecular weight is 428 g/mol. The van der Waals surface area contributed by atoms with Crippen LogP contribution in [-0.2, 0) is 0 Å². The van der Waals surface area contributed by atoms with Crippen molar-refractivity contribution in [2.45, 2.75) is 6.92 Å². The summed E-state index contributed by atoms with van der Waals surface area (Å²) < 4.78 is 7.24. The summed E-state index contributed by atoms with van der Waals surface area (Å²) in [7, 11) is 1.76. The van der Waals surface area contributed by atoms with E-state index in [1.165, 1.54) is 22.7 Å². The number of halogens is 2. The van der Waals surface area contributed by atoms with Gasteiger partial charge in [-0.15, -0.1) is 22.7 Å². The number of hydrogen-bond acceptors (Lipinski definition) is 6. The van der Waals surface area contributed by atoms with Crippen molar-refractivity contribution >= 4 is 65.9 Å². The third-order valence-electron chi connectivity index (χ3n) is 2.44. The zero-order valence-corrected chi connectivity index (χ0v) is 15.0. The summed E-state index contributed by atoms with van der Waals surface area (Å²) in [5.41, 5.74) is 7.23. The molecule has 0 fully saturated rings. The SMILES string of the molecule is CCOc1c(-c2sc(Br)c(NC)c2O)sc(Br)c1N. The van der Waals surface area contributed by atoms with Crippen LogP contribution < -0.4 is 15.8 Å². The normalized spacial score (nSPS) is 10.7. The van der Waals surface area contributed by atoms with Crippen molar-refractivity contribution in [1.29, 1.82) is 0 Å². The molecule has 4 nitrogen and oxygen atoms in total. The van der Waals surface area contributed by atoms with Crippen LogP contribution in [0.4, 0.5) is 11.4 Å². The molecular formula is C11H12Br2N2O2S2. The van der Waals surface area contributed by atoms with E-state index in [1.54, 1.807) is 7.05 Å². The number of thiophene rings is 2. The van der Waals surface area contributed by atoms with Crippen LogP contribution in [0.15, 0.2) is 7.57 Å². The molecule has 0 unspecified atom stereocenters. The third-order valence-corrected chi connectivity index (χ3v) is 6.34. The van der Waals surface area contributed by atoms with Gasteiger partial charge in [0.05, 0.1) is 23.9 Å². The Morgan fingerprint density at radius 2 is 1.89 bits per heavy atom. The highest BCUT2D eigenvalue weighted by molar-refractivity contribution is 9.11. The molecule has 0 aliphatic rings. The number of hydrogen-bond donors (Lipinski definition) is 3. The zero-order chi connectivity index (χ0) is 14.2. The van der Waals surface area contributed by atoms with Crippen LogP contribution in [0.1, 0.15) is 6.92 Å². The molecule has 0 radical (unpaired) electrons. The number of nitrogens with two attached hydrogens (primary N) is 1. The quantitative estimate of drug-likeness (QED) is 0.659. The second-order valence-corrected chi connectivity index (χ2v) is 8.24. The van der Waals surface area contributed by atoms with Gasteiger partial charge in [-0.25, -0.2) is 0 Å². The topological polar surface area (TPSA) is 67.5 Å². The van der Waals surface area contributed by atoms with Crippen LogP contribution in [-0.4, -0.2) is 18.8 Å². The molecule has 2 rings (SSSR count). The average Bonchev–Trinajstić information content (AvgIpc) is 2.81. The van der Waals surface area contributed by atoms with Crippen molar-refractivity contribution < 1.29 is 9.84 Å². The number of rotatable bonds is 4. The molecular weight excluding hydrogens is 416 g/mol. The Labute approximate surface area is 135 Å². The first-order chi connectivity index (χ1) is 9.01. The number of nitrogens with one attached hydrogen (secondary N) is 1. The van der Waals surface area contributed by atoms with Gasteiger partial charge in [0.1, 0.15) is 11.4 Å². The predicted octanol–water partition coefficient (Wildman–Crippen LogP) is 4.73. The van der Waals surface area contributed by atoms with Crippen molar-refractivity contribution in [3.8, 4) is 21.3 Å². The van der Waals surface area contributed by atoms with Crippen LogP contribution in [0, 0.1) is 0 Å². The van der Waals surface area contributed by atoms with Crippen molar-refractivity contribution in [2.24, 2.45) is 0 Å². The van der Waals surface area contributed by atoms with Crippen molar-refractivity contribution in [3.63, 3.8) is 0 Å². The van der Waals surface area contributed by atoms with Gasteiger partial charge in [0.15, 0.2) is 11.5 Å². The van der Waals surface area contributed by atoms with Gasteiger partial charge in [0.25, 0.3) is 0 Å². The zero-order valence-electron chi connectivity index (χ0n) is 10.2. The smallest absolute Gasteiger partial charge is 0.162 e. The van der Waals surface area contributed by atoms with Crippen LogP contribution in [0.2, 0.25) is 0 Å². The lowest BCUT2D eigenvalue weighted by Gasteiger charge is -2.05. The van der Waals surface area contributed by atoms with E-state index in [1.807, 2.05) is 6.92 Å². The third kappa shape index (κ3) is 2.58. The van der Waals surface area contributed by atoms with E-state index in [4.69, 9.17) is 10.5 Å². The van der Waals surface area contributed by atoms with Crippen molar-refractivity contribution in [1.82, 2.24) is 0 Å². The van der Waals surface area contributed by atoms with E-state index in [-0.39, 0.29) is 5.75 Å². The molecule has 2 aromatic rings. The predicted molar refractivity (Wildman–Crippen MR) is 89.8 cm³/mol. The van der Waals surface area contributed by atoms with Crippen molar-refractivity contribution in [3.05, 3.63) is 7.57 Å². The molecule has 0 atom stereocenters. The molecule has 0 aromatic carbocycles. The van der Waals surface area contributed by atoms with Gasteiger partial charge in [-0.3, -0.25) is 0 Å². The molecule has 19 heavy (non-hydrogen) atoms. The molecule has 0 amide bonds. The minimum absolute atomic E-state index is 0.203. The maximum absolute atomic E-state index is 10.3. The highest BCUT2D eigenvalue weighted by Crippen LogP contribution is 2.55. The molecule has 2 aromatic heterocycles. The van der Waals surface area contributed by atoms with E-state index in [0.29, 0.717) is 23.7 Å². The fourth-order valence-electron chi connectivity index (χ4n) is 1.61. The van der Waals surface area contributed by atoms with Crippen LogP contribution in [0.25, 0.3) is 9.75 Å². The summed E-state index contributed by atoms with van der Waals surface area (Å²) in [5.74, 6) is 0.820. The molecule has 4 N–H and O–H groups in total. The van der Waals surface area contributed by atoms with Crippen LogP contribution in [0.3, 0.4) is 0 Å². The number of nitrogen functional groups attached to an aromatic ring is 1. The molecule has 0 spiro atoms. The number of ether oxygens (including phenoxy) is 1. The first-order valence-electron chi connectivity index (χ1n) is 5.41. The largest absolute Gasteiger partial charge is 0.504 e. The highest BCUT2D eigenvalue weighted by atomic mass is 79.9. The molecule has 0 saturated carbocycles. The fourth-order valence-corrected chi connectivity index (χ4v) is 5.09. The highest BCUT2D eigenvalue weighted by Gasteiger charge is 2.24. The van der Waals surface area contributed by atoms with Gasteiger partial charge in [-0.05, 0) is 38.8 Å². The summed E-state index contributed by atoms with van der Waals surface area (Å²) >= 11 is 9.73. The van der Waals surface area contributed by atoms with Crippen molar-refractivity contribution in [2.75, 3.05) is 24.7 Å². The minimum atomic E-state index is 0.203. The first-order valence-corrected chi connectivity index (χ1v) is 8.63. The molecule has 0 aliphatic heterocycles. The lowest BCUT2D eigenvalue weighted by atomic mass is 10.3. The lowest BCUT2D eigenvalue weighted by molar-refractivity contribution is 0.344. The maximum Gasteiger partial charge on any atom is 0.162 e. The summed E-state index contributed by atoms with van der Waals surface area (Å²) in [5, 5.41) is 13.2. The van der Waals surface area contributed by atoms with Crippen LogP contribution in [0.5, 0.6) is 11.5 Å². The van der Waals surface area contributed by atoms with Gasteiger partial charge in [-0.2, -0.15) is 0 Å². The number of anilines is 2. The summed E-state index contributed by atoms with van der Waals surface area (Å²) in [6.45, 7) is 2.42. The van der Waals surface area contributed by atoms with E-state index < -0.39 is 0 Å². The molecule has 104 valence electrons. The van der Waals surface area contributed by atoms with Gasteiger partial charge in [-0.1, -0.05) is 0 Å². The number of aromatic hydroxyl groups is 1. The maximum atomic E-state index is 10.3. The van der Waals surface area contributed by atoms with Crippen LogP contribution >= 0.6 is 54.5 Å². The van der Waals surface area contributed by atoms with E-state index >= 15 is 0 Å². The van der Waals surface area contributed by atoms with Gasteiger partial charge >= 0.3 is 0 Å². The fraction of sp³-hybridized carbons (Fsp3) is 0.273. The summed E-state index contributed by atoms with van der Waals surface area (Å²) in [6, 6.07) is 0. The second-order valence-electron chi connectivity index (χ2n) is 3.56. The minimum Gasteiger partial charge on any atom is -0.504 e. The van der Waals surface area contributed by atoms with Gasteiger partial charge in [0, 0.05) is 7.05 Å². The Balaban J connectivity index is 2.62. The monoisotopic (exact) mass is 426 g/mol. The summed E-state index contributed by atoms with van der Waals surface area (Å²) in [6.07, 6.45) is 0. The Hall–Kier alpha value is -0.440. The summed E-state index contributed by atoms with van der Waals surface area (Å²) in [4.78, 5) is 1.57. The lowest BCUT2D eigenvalue weighted by Crippen LogP contribution is -1.95. The standard InChI is InChI=1S/C11H12Br2N2O2S2/c1-3-17-7-4(14)10(12)19-9(7)8-6(16)5(15-2)11(13)18-8/h15-16H,3,14H2,1-2H3. The molecule has 0 saturated heterocycles. The molecule has 0 aliphatic carbocycles. The van der Waals surface area contributed by atoms with Gasteiger partial charge in [0.2, 0.25) is 0 Å². The van der Waals surface area contributed by atoms with E-state index in [9.17, 15) is 5.11 Å².